The first kappa shape index (κ1) is 67.4. The highest BCUT2D eigenvalue weighted by Gasteiger charge is 2.31. The first-order valence-electron chi connectivity index (χ1n) is 22.8. The molecule has 1 heterocycles. The van der Waals surface area contributed by atoms with Gasteiger partial charge in [0.25, 0.3) is 56.3 Å². The van der Waals surface area contributed by atoms with Crippen LogP contribution in [0.1, 0.15) is 31.2 Å². The summed E-state index contributed by atoms with van der Waals surface area (Å²) in [5, 5.41) is 103. The van der Waals surface area contributed by atoms with Gasteiger partial charge in [-0.05, 0) is 72.8 Å². The molecule has 91 heavy (non-hydrogen) atoms. The number of benzene rings is 7. The average Bonchev–Trinajstić information content (AvgIpc) is 1.20. The highest BCUT2D eigenvalue weighted by atomic mass is 32.2. The lowest BCUT2D eigenvalue weighted by Crippen LogP contribution is -2.10. The lowest BCUT2D eigenvalue weighted by Gasteiger charge is -2.13. The zero-order valence-electron chi connectivity index (χ0n) is 43.4. The van der Waals surface area contributed by atoms with E-state index in [1.807, 2.05) is 0 Å². The van der Waals surface area contributed by atoms with Gasteiger partial charge in [-0.15, -0.1) is 48.4 Å². The number of carboxylic acid groups (broad SMARTS) is 3. The van der Waals surface area contributed by atoms with Crippen molar-refractivity contribution in [2.45, 2.75) is 24.5 Å². The van der Waals surface area contributed by atoms with Gasteiger partial charge in [0.05, 0.1) is 38.5 Å². The predicted octanol–water partition coefficient (Wildman–Crippen LogP) is 6.77. The van der Waals surface area contributed by atoms with Gasteiger partial charge in [-0.1, -0.05) is 6.07 Å². The number of azo groups is 4. The molecule has 8 aromatic rings. The number of hydrogen-bond donors (Lipinski definition) is 12. The molecule has 41 nitrogen and oxygen atoms in total. The van der Waals surface area contributed by atoms with Crippen LogP contribution in [0.2, 0.25) is 0 Å². The molecular formula is C44H28N12O29S6. The summed E-state index contributed by atoms with van der Waals surface area (Å²) < 4.78 is 203. The molecule has 47 heteroatoms. The Morgan fingerprint density at radius 1 is 0.505 bits per heavy atom. The highest BCUT2D eigenvalue weighted by Crippen LogP contribution is 2.49. The van der Waals surface area contributed by atoms with Crippen LogP contribution in [0.4, 0.5) is 56.9 Å². The van der Waals surface area contributed by atoms with Crippen molar-refractivity contribution >= 4 is 158 Å². The van der Waals surface area contributed by atoms with Crippen molar-refractivity contribution in [3.8, 4) is 23.1 Å². The van der Waals surface area contributed by atoms with Crippen molar-refractivity contribution in [1.29, 1.82) is 0 Å². The number of aromatic hydroxyl groups is 3. The number of nitro groups is 1. The van der Waals surface area contributed by atoms with Crippen molar-refractivity contribution < 1.29 is 127 Å². The Balaban J connectivity index is 0.00000285. The van der Waals surface area contributed by atoms with Gasteiger partial charge in [-0.3, -0.25) is 32.9 Å². The van der Waals surface area contributed by atoms with Crippen molar-refractivity contribution in [3.05, 3.63) is 118 Å². The second kappa shape index (κ2) is 24.8. The Morgan fingerprint density at radius 3 is 1.56 bits per heavy atom. The molecule has 0 atom stereocenters. The van der Waals surface area contributed by atoms with Crippen molar-refractivity contribution in [2.24, 2.45) is 40.9 Å². The van der Waals surface area contributed by atoms with E-state index >= 15 is 0 Å². The fourth-order valence-electron chi connectivity index (χ4n) is 7.88. The molecule has 0 saturated heterocycles. The zero-order valence-corrected chi connectivity index (χ0v) is 48.3. The number of aromatic nitrogens is 2. The fourth-order valence-corrected chi connectivity index (χ4v) is 11.3. The van der Waals surface area contributed by atoms with E-state index in [1.54, 1.807) is 0 Å². The summed E-state index contributed by atoms with van der Waals surface area (Å²) in [5.41, 5.74) is -5.50. The molecule has 0 unspecified atom stereocenters. The SMILES string of the molecule is Nc1c(N=Nc2ccc3c(O)c(N=Nc4ccc(N=Nc5c(C(=O)O)nn(-c6cc(C(=O)O)ccc6C(=O)O)c5O)c(S(=O)(=O)O)c4)c(S(=O)(=O)O)cc3c2S(=O)(=O)O)cc(S(=O)(=O)O)c2ccc(N=Nc3ccc([N+](=O)[O-])cc3S(=O)(=O)O)c(O)c12.O=S(=O)=O. The van der Waals surface area contributed by atoms with Crippen LogP contribution in [0.25, 0.3) is 27.2 Å². The largest absolute Gasteiger partial charge is 0.505 e. The summed E-state index contributed by atoms with van der Waals surface area (Å²) in [5.74, 6) is -8.96. The number of phenols is 2. The van der Waals surface area contributed by atoms with Crippen LogP contribution in [0, 0.1) is 10.1 Å². The molecule has 0 amide bonds. The minimum absolute atomic E-state index is 0.268. The van der Waals surface area contributed by atoms with Crippen LogP contribution >= 0.6 is 0 Å². The molecule has 0 spiro atoms. The van der Waals surface area contributed by atoms with Gasteiger partial charge >= 0.3 is 28.5 Å². The van der Waals surface area contributed by atoms with Gasteiger partial charge in [0, 0.05) is 28.3 Å². The molecule has 8 rings (SSSR count). The van der Waals surface area contributed by atoms with E-state index < -0.39 is 227 Å². The Kier molecular flexibility index (Phi) is 18.3. The first-order valence-corrected chi connectivity index (χ1v) is 31.0. The Morgan fingerprint density at radius 2 is 1.01 bits per heavy atom. The van der Waals surface area contributed by atoms with Crippen molar-refractivity contribution in [1.82, 2.24) is 9.78 Å². The number of hydrogen-bond acceptors (Lipinski definition) is 31. The second-order valence-corrected chi connectivity index (χ2v) is 24.6. The highest BCUT2D eigenvalue weighted by molar-refractivity contribution is 7.87. The normalized spacial score (nSPS) is 12.5. The van der Waals surface area contributed by atoms with Crippen molar-refractivity contribution in [2.75, 3.05) is 5.73 Å². The molecule has 474 valence electrons. The number of aromatic carboxylic acids is 3. The third kappa shape index (κ3) is 14.4. The molecule has 0 fully saturated rings. The van der Waals surface area contributed by atoms with E-state index in [4.69, 9.17) is 18.4 Å². The van der Waals surface area contributed by atoms with Crippen LogP contribution in [-0.4, -0.2) is 141 Å². The summed E-state index contributed by atoms with van der Waals surface area (Å²) >= 11 is 0. The van der Waals surface area contributed by atoms with E-state index in [9.17, 15) is 120 Å². The predicted molar refractivity (Wildman–Crippen MR) is 297 cm³/mol. The number of anilines is 1. The van der Waals surface area contributed by atoms with Crippen LogP contribution in [-0.2, 0) is 61.2 Å². The van der Waals surface area contributed by atoms with Gasteiger partial charge in [0.15, 0.2) is 17.2 Å². The molecule has 1 aromatic heterocycles. The lowest BCUT2D eigenvalue weighted by molar-refractivity contribution is -0.385. The topological polar surface area (TPSA) is 682 Å². The number of non-ortho nitro benzene ring substituents is 1. The Labute approximate surface area is 504 Å². The fraction of sp³-hybridized carbons (Fsp3) is 0. The maximum Gasteiger partial charge on any atom is 0.425 e. The van der Waals surface area contributed by atoms with E-state index in [0.717, 1.165) is 48.5 Å². The number of phenolic OH excluding ortho intramolecular Hbond substituents is 2. The molecule has 13 N–H and O–H groups in total. The molecule has 0 aliphatic heterocycles. The number of carboxylic acids is 3. The van der Waals surface area contributed by atoms with Crippen molar-refractivity contribution in [3.63, 3.8) is 0 Å². The monoisotopic (exact) mass is 1380 g/mol. The molecule has 0 bridgehead atoms. The molecular weight excluding hydrogens is 1350 g/mol. The van der Waals surface area contributed by atoms with Crippen LogP contribution in [0.5, 0.6) is 17.4 Å². The first-order chi connectivity index (χ1) is 42.0. The quantitative estimate of drug-likeness (QED) is 0.0138. The summed E-state index contributed by atoms with van der Waals surface area (Å²) in [7, 11) is -30.6. The molecule has 0 aliphatic carbocycles. The summed E-state index contributed by atoms with van der Waals surface area (Å²) in [6.45, 7) is 0. The number of carbonyl (C=O) groups is 3. The molecule has 0 saturated carbocycles. The number of fused-ring (bicyclic) bond motifs is 2. The lowest BCUT2D eigenvalue weighted by atomic mass is 10.1. The second-order valence-electron chi connectivity index (χ2n) is 17.3. The van der Waals surface area contributed by atoms with Gasteiger partial charge in [0.2, 0.25) is 11.6 Å². The molecule has 0 aliphatic rings. The van der Waals surface area contributed by atoms with E-state index in [1.165, 1.54) is 0 Å². The van der Waals surface area contributed by atoms with Crippen LogP contribution in [0.3, 0.4) is 0 Å². The number of nitro benzene ring substituents is 1. The third-order valence-electron chi connectivity index (χ3n) is 11.7. The maximum absolute atomic E-state index is 13.1. The van der Waals surface area contributed by atoms with E-state index in [-0.39, 0.29) is 4.68 Å². The minimum Gasteiger partial charge on any atom is -0.505 e. The smallest absolute Gasteiger partial charge is 0.425 e. The standard InChI is InChI=1S/C44H28N12O26S5.O3S/c45-34-27(15-29(83(68,69)70)21-6-9-25(39(58)33(21)34)49-47-24-8-3-18(56(66)67)13-31(24)85(74,75)76)51-50-26-10-5-19-22(40(26)87(80,81)82)14-32(86(77,78)79)35(38(19)57)52-46-17-2-7-23(30(12-17)84(71,72)73)48-53-36-37(44(64)65)54-55(41(36)59)28-11-16(42(60)61)1-4-20(28)43(62)63;1-4(2)3/h1-15,57-59H,45H2,(H,60,61)(H,62,63)(H,64,65)(H,68,69,70)(H,71,72,73)(H,74,75,76)(H,77,78,79)(H,80,81,82);. The van der Waals surface area contributed by atoms with E-state index in [0.29, 0.717) is 42.5 Å². The average molecular weight is 1380 g/mol. The Hall–Kier alpha value is -11.2. The number of nitrogen functional groups attached to an aromatic ring is 1. The Bertz CT molecular complexity index is 5400. The van der Waals surface area contributed by atoms with Crippen LogP contribution < -0.4 is 5.73 Å². The molecule has 7 aromatic carbocycles. The number of nitrogens with zero attached hydrogens (tertiary/aromatic N) is 11. The van der Waals surface area contributed by atoms with Gasteiger partial charge in [-0.25, -0.2) is 14.4 Å². The zero-order chi connectivity index (χ0) is 67.9. The summed E-state index contributed by atoms with van der Waals surface area (Å²) in [6.07, 6.45) is 0. The number of nitrogens with two attached hydrogens (primary N) is 1. The van der Waals surface area contributed by atoms with Gasteiger partial charge in [0.1, 0.15) is 58.6 Å². The third-order valence-corrected chi connectivity index (χ3v) is 16.1. The summed E-state index contributed by atoms with van der Waals surface area (Å²) in [6, 6.07) is 10.3. The van der Waals surface area contributed by atoms with Crippen LogP contribution in [0.15, 0.2) is 156 Å². The van der Waals surface area contributed by atoms with E-state index in [2.05, 4.69) is 46.0 Å². The molecule has 0 radical (unpaired) electrons. The minimum atomic E-state index is -5.72. The number of rotatable bonds is 18. The summed E-state index contributed by atoms with van der Waals surface area (Å²) in [4.78, 5) is 39.6. The van der Waals surface area contributed by atoms with Gasteiger partial charge < -0.3 is 36.4 Å². The van der Waals surface area contributed by atoms with Gasteiger partial charge in [-0.2, -0.15) is 57.0 Å². The maximum atomic E-state index is 13.1.